The van der Waals surface area contributed by atoms with E-state index in [1.54, 1.807) is 0 Å². The molecule has 0 nitrogen and oxygen atoms in total. The lowest BCUT2D eigenvalue weighted by atomic mass is 9.92. The topological polar surface area (TPSA) is 0 Å². The molecule has 0 N–H and O–H groups in total. The van der Waals surface area contributed by atoms with Crippen LogP contribution < -0.4 is 10.4 Å². The van der Waals surface area contributed by atoms with Gasteiger partial charge >= 0.3 is 0 Å². The average molecular weight is 542 g/mol. The summed E-state index contributed by atoms with van der Waals surface area (Å²) in [5, 5.41) is 13.1. The first-order valence-corrected chi connectivity index (χ1v) is 12.7. The van der Waals surface area contributed by atoms with Crippen LogP contribution in [0, 0.1) is 10.4 Å². The number of fused-ring (bicyclic) bond motifs is 4. The molecule has 0 fully saturated rings. The predicted molar refractivity (Wildman–Crippen MR) is 158 cm³/mol. The molecular weight excluding hydrogens is 526 g/mol. The van der Waals surface area contributed by atoms with E-state index in [9.17, 15) is 0 Å². The fraction of sp³-hybridized carbons (Fsp3) is 0. The first-order valence-electron chi connectivity index (χ1n) is 11.2. The summed E-state index contributed by atoms with van der Waals surface area (Å²) >= 11 is 27.3. The Hall–Kier alpha value is -3.18. The van der Waals surface area contributed by atoms with Crippen molar-refractivity contribution in [3.8, 4) is 0 Å². The molecule has 0 aliphatic carbocycles. The van der Waals surface area contributed by atoms with Gasteiger partial charge in [-0.3, -0.25) is 0 Å². The molecule has 0 atom stereocenters. The Morgan fingerprint density at radius 1 is 0.417 bits per heavy atom. The predicted octanol–water partition coefficient (Wildman–Crippen LogP) is 9.33. The van der Waals surface area contributed by atoms with Crippen LogP contribution in [0.4, 0.5) is 0 Å². The Morgan fingerprint density at radius 3 is 0.889 bits per heavy atom. The van der Waals surface area contributed by atoms with Crippen molar-refractivity contribution in [3.63, 3.8) is 0 Å². The minimum atomic E-state index is 0.599. The molecule has 172 valence electrons. The average Bonchev–Trinajstić information content (AvgIpc) is 2.87. The normalized spacial score (nSPS) is 11.3. The largest absolute Gasteiger partial charge is 0.119 e. The highest BCUT2D eigenvalue weighted by atomic mass is 35.5. The third-order valence-electron chi connectivity index (χ3n) is 6.74. The van der Waals surface area contributed by atoms with Gasteiger partial charge in [0.1, 0.15) is 0 Å². The molecule has 6 rings (SSSR count). The van der Waals surface area contributed by atoms with Crippen molar-refractivity contribution in [1.29, 1.82) is 0 Å². The van der Waals surface area contributed by atoms with Gasteiger partial charge in [0.05, 0.1) is 0 Å². The molecule has 6 aromatic rings. The first-order chi connectivity index (χ1) is 17.5. The molecule has 0 spiro atoms. The van der Waals surface area contributed by atoms with Gasteiger partial charge in [0, 0.05) is 52.1 Å². The minimum absolute atomic E-state index is 0.599. The first kappa shape index (κ1) is 23.2. The van der Waals surface area contributed by atoms with Crippen LogP contribution in [0.3, 0.4) is 0 Å². The quantitative estimate of drug-likeness (QED) is 0.168. The van der Waals surface area contributed by atoms with Gasteiger partial charge in [0.15, 0.2) is 0 Å². The summed E-state index contributed by atoms with van der Waals surface area (Å²) in [5.41, 5.74) is 6.21. The maximum Gasteiger partial charge on any atom is 0.0497 e. The van der Waals surface area contributed by atoms with Gasteiger partial charge < -0.3 is 0 Å². The molecule has 0 aliphatic rings. The monoisotopic (exact) mass is 540 g/mol. The van der Waals surface area contributed by atoms with E-state index in [1.165, 1.54) is 0 Å². The van der Waals surface area contributed by atoms with E-state index in [4.69, 9.17) is 46.4 Å². The Balaban J connectivity index is 2.26. The van der Waals surface area contributed by atoms with Crippen molar-refractivity contribution in [3.05, 3.63) is 127 Å². The summed E-state index contributed by atoms with van der Waals surface area (Å²) in [6.45, 7) is 7.94. The van der Waals surface area contributed by atoms with Crippen LogP contribution >= 0.6 is 46.4 Å². The summed E-state index contributed by atoms with van der Waals surface area (Å²) in [5.74, 6) is 0. The van der Waals surface area contributed by atoms with Crippen molar-refractivity contribution in [2.45, 2.75) is 0 Å². The maximum atomic E-state index is 6.82. The van der Waals surface area contributed by atoms with E-state index in [1.807, 2.05) is 48.5 Å². The van der Waals surface area contributed by atoms with E-state index in [-0.39, 0.29) is 0 Å². The molecule has 6 aromatic carbocycles. The van der Waals surface area contributed by atoms with Gasteiger partial charge in [-0.2, -0.15) is 0 Å². The molecular formula is C32H16Cl4. The Labute approximate surface area is 226 Å². The Morgan fingerprint density at radius 2 is 0.667 bits per heavy atom. The van der Waals surface area contributed by atoms with Gasteiger partial charge in [-0.05, 0) is 56.2 Å². The molecule has 0 saturated carbocycles. The SMILES string of the molecule is C=C=c1c2c(Cl)cccc2c(=c2c3cccc(Cl)c3c(=C=C)c3c(Cl)cccc23)c2cccc(Cl)c12. The molecule has 0 aliphatic heterocycles. The van der Waals surface area contributed by atoms with E-state index >= 15 is 0 Å². The van der Waals surface area contributed by atoms with Gasteiger partial charge in [-0.25, -0.2) is 0 Å². The van der Waals surface area contributed by atoms with Crippen LogP contribution in [0.5, 0.6) is 0 Å². The summed E-state index contributed by atoms with van der Waals surface area (Å²) in [6, 6.07) is 23.6. The lowest BCUT2D eigenvalue weighted by Crippen LogP contribution is -2.07. The van der Waals surface area contributed by atoms with Crippen molar-refractivity contribution in [2.24, 2.45) is 0 Å². The molecule has 0 amide bonds. The smallest absolute Gasteiger partial charge is 0.0497 e. The third-order valence-corrected chi connectivity index (χ3v) is 8.00. The van der Waals surface area contributed by atoms with Gasteiger partial charge in [0.25, 0.3) is 0 Å². The third kappa shape index (κ3) is 3.18. The second-order valence-electron chi connectivity index (χ2n) is 8.50. The van der Waals surface area contributed by atoms with Gasteiger partial charge in [-0.1, -0.05) is 108 Å². The van der Waals surface area contributed by atoms with E-state index in [2.05, 4.69) is 48.9 Å². The van der Waals surface area contributed by atoms with Crippen LogP contribution in [0.25, 0.3) is 54.6 Å². The zero-order valence-electron chi connectivity index (χ0n) is 18.9. The van der Waals surface area contributed by atoms with Crippen LogP contribution in [-0.2, 0) is 0 Å². The summed E-state index contributed by atoms with van der Waals surface area (Å²) in [4.78, 5) is 0. The molecule has 0 unspecified atom stereocenters. The highest BCUT2D eigenvalue weighted by molar-refractivity contribution is 6.39. The lowest BCUT2D eigenvalue weighted by Gasteiger charge is -2.13. The van der Waals surface area contributed by atoms with Crippen LogP contribution in [0.1, 0.15) is 0 Å². The number of hydrogen-bond acceptors (Lipinski definition) is 0. The standard InChI is InChI=1S/C32H16Cl4/c1-3-17-27-19(9-5-13-23(27)33)31(20-10-6-14-24(34)28(17)20)32-21-11-7-15-25(35)29(21)18(4-2)30-22(32)12-8-16-26(30)36/h5-16H,1-2H2. The highest BCUT2D eigenvalue weighted by Crippen LogP contribution is 2.35. The molecule has 0 bridgehead atoms. The second kappa shape index (κ2) is 8.74. The van der Waals surface area contributed by atoms with Crippen LogP contribution in [-0.4, -0.2) is 0 Å². The molecule has 0 heterocycles. The number of benzene rings is 6. The fourth-order valence-electron chi connectivity index (χ4n) is 5.38. The zero-order chi connectivity index (χ0) is 25.1. The minimum Gasteiger partial charge on any atom is -0.119 e. The number of rotatable bonds is 0. The summed E-state index contributed by atoms with van der Waals surface area (Å²) in [7, 11) is 0. The molecule has 36 heavy (non-hydrogen) atoms. The number of halogens is 4. The van der Waals surface area contributed by atoms with Crippen molar-refractivity contribution >= 4 is 101 Å². The highest BCUT2D eigenvalue weighted by Gasteiger charge is 2.16. The van der Waals surface area contributed by atoms with E-state index in [0.29, 0.717) is 20.1 Å². The molecule has 0 aromatic heterocycles. The zero-order valence-corrected chi connectivity index (χ0v) is 21.9. The van der Waals surface area contributed by atoms with E-state index in [0.717, 1.165) is 64.0 Å². The summed E-state index contributed by atoms with van der Waals surface area (Å²) in [6.07, 6.45) is 0. The van der Waals surface area contributed by atoms with Crippen LogP contribution in [0.2, 0.25) is 20.1 Å². The molecule has 0 saturated heterocycles. The Kier molecular flexibility index (Phi) is 5.64. The van der Waals surface area contributed by atoms with Gasteiger partial charge in [0.2, 0.25) is 0 Å². The summed E-state index contributed by atoms with van der Waals surface area (Å²) < 4.78 is 0. The second-order valence-corrected chi connectivity index (χ2v) is 10.1. The molecule has 4 heteroatoms. The number of hydrogen-bond donors (Lipinski definition) is 0. The van der Waals surface area contributed by atoms with Gasteiger partial charge in [-0.15, -0.1) is 11.5 Å². The maximum absolute atomic E-state index is 6.82. The van der Waals surface area contributed by atoms with Crippen molar-refractivity contribution in [1.82, 2.24) is 0 Å². The molecule has 0 radical (unpaired) electrons. The Bertz CT molecular complexity index is 1900. The lowest BCUT2D eigenvalue weighted by molar-refractivity contribution is 1.61. The van der Waals surface area contributed by atoms with Crippen molar-refractivity contribution in [2.75, 3.05) is 0 Å². The van der Waals surface area contributed by atoms with Crippen LogP contribution in [0.15, 0.2) is 86.0 Å². The van der Waals surface area contributed by atoms with E-state index < -0.39 is 0 Å². The fourth-order valence-corrected chi connectivity index (χ4v) is 6.45. The van der Waals surface area contributed by atoms with Crippen molar-refractivity contribution < 1.29 is 0 Å².